The molecule has 7 heteroatoms. The Kier molecular flexibility index (Phi) is 4.67. The minimum absolute atomic E-state index is 0.177. The topological polar surface area (TPSA) is 35.0 Å². The summed E-state index contributed by atoms with van der Waals surface area (Å²) in [5, 5.41) is 1.16. The second-order valence-electron chi connectivity index (χ2n) is 3.30. The van der Waals surface area contributed by atoms with Gasteiger partial charge < -0.3 is 4.74 Å². The predicted octanol–water partition coefficient (Wildman–Crippen LogP) is 4.78. The highest BCUT2D eigenvalue weighted by molar-refractivity contribution is 9.10. The van der Waals surface area contributed by atoms with Crippen molar-refractivity contribution in [2.75, 3.05) is 0 Å². The fraction of sp³-hybridized carbons (Fsp3) is 0.0909. The summed E-state index contributed by atoms with van der Waals surface area (Å²) in [4.78, 5) is 7.79. The summed E-state index contributed by atoms with van der Waals surface area (Å²) < 4.78 is 6.24. The Balaban J connectivity index is 2.13. The monoisotopic (exact) mass is 366 g/mol. The molecular weight excluding hydrogens is 362 g/mol. The van der Waals surface area contributed by atoms with Gasteiger partial charge >= 0.3 is 0 Å². The van der Waals surface area contributed by atoms with Crippen LogP contribution in [-0.4, -0.2) is 9.97 Å². The van der Waals surface area contributed by atoms with Crippen molar-refractivity contribution in [2.45, 2.75) is 6.61 Å². The van der Waals surface area contributed by atoms with Crippen molar-refractivity contribution in [3.8, 4) is 5.75 Å². The molecule has 0 fully saturated rings. The van der Waals surface area contributed by atoms with Crippen molar-refractivity contribution in [1.29, 1.82) is 0 Å². The van der Waals surface area contributed by atoms with Gasteiger partial charge in [-0.2, -0.15) is 0 Å². The van der Waals surface area contributed by atoms with Crippen molar-refractivity contribution >= 4 is 50.7 Å². The third-order valence-electron chi connectivity index (χ3n) is 2.03. The van der Waals surface area contributed by atoms with E-state index in [0.29, 0.717) is 26.0 Å². The van der Waals surface area contributed by atoms with Crippen LogP contribution in [0.2, 0.25) is 15.3 Å². The van der Waals surface area contributed by atoms with E-state index in [4.69, 9.17) is 39.5 Å². The molecule has 0 spiro atoms. The van der Waals surface area contributed by atoms with Crippen LogP contribution in [0.4, 0.5) is 0 Å². The zero-order chi connectivity index (χ0) is 13.1. The van der Waals surface area contributed by atoms with Crippen molar-refractivity contribution in [3.63, 3.8) is 0 Å². The lowest BCUT2D eigenvalue weighted by Crippen LogP contribution is -1.99. The van der Waals surface area contributed by atoms with Gasteiger partial charge in [-0.25, -0.2) is 9.97 Å². The summed E-state index contributed by atoms with van der Waals surface area (Å²) in [6.07, 6.45) is 1.56. The molecule has 0 saturated heterocycles. The van der Waals surface area contributed by atoms with Crippen LogP contribution in [0, 0.1) is 0 Å². The molecule has 94 valence electrons. The van der Waals surface area contributed by atoms with E-state index in [1.54, 1.807) is 24.4 Å². The van der Waals surface area contributed by atoms with Gasteiger partial charge in [-0.3, -0.25) is 0 Å². The van der Waals surface area contributed by atoms with Crippen LogP contribution in [0.25, 0.3) is 0 Å². The molecule has 2 rings (SSSR count). The summed E-state index contributed by atoms with van der Waals surface area (Å²) in [6, 6.07) is 5.02. The average Bonchev–Trinajstić information content (AvgIpc) is 2.32. The highest BCUT2D eigenvalue weighted by Crippen LogP contribution is 2.34. The van der Waals surface area contributed by atoms with Crippen LogP contribution < -0.4 is 4.74 Å². The largest absolute Gasteiger partial charge is 0.486 e. The van der Waals surface area contributed by atoms with Crippen LogP contribution in [0.1, 0.15) is 5.69 Å². The molecule has 0 aliphatic heterocycles. The standard InChI is InChI=1S/C11H6BrCl3N2O/c12-7-3-9(14)10(4-8(7)13)18-5-6-1-2-16-11(15)17-6/h1-4H,5H2. The van der Waals surface area contributed by atoms with Crippen molar-refractivity contribution < 1.29 is 4.74 Å². The third-order valence-corrected chi connectivity index (χ3v) is 3.71. The molecule has 18 heavy (non-hydrogen) atoms. The Hall–Kier alpha value is -0.550. The fourth-order valence-corrected chi connectivity index (χ4v) is 2.23. The first-order chi connectivity index (χ1) is 8.56. The molecule has 1 heterocycles. The third kappa shape index (κ3) is 3.48. The average molecular weight is 368 g/mol. The van der Waals surface area contributed by atoms with E-state index in [1.807, 2.05) is 0 Å². The van der Waals surface area contributed by atoms with E-state index in [2.05, 4.69) is 25.9 Å². The van der Waals surface area contributed by atoms with E-state index in [0.717, 1.165) is 0 Å². The molecular formula is C11H6BrCl3N2O. The Morgan fingerprint density at radius 2 is 1.94 bits per heavy atom. The quantitative estimate of drug-likeness (QED) is 0.578. The van der Waals surface area contributed by atoms with Gasteiger partial charge in [0.05, 0.1) is 15.7 Å². The smallest absolute Gasteiger partial charge is 0.222 e. The summed E-state index contributed by atoms with van der Waals surface area (Å²) in [6.45, 7) is 0.236. The lowest BCUT2D eigenvalue weighted by molar-refractivity contribution is 0.301. The van der Waals surface area contributed by atoms with E-state index in [1.165, 1.54) is 0 Å². The lowest BCUT2D eigenvalue weighted by Gasteiger charge is -2.09. The van der Waals surface area contributed by atoms with Gasteiger partial charge in [0.15, 0.2) is 0 Å². The summed E-state index contributed by atoms with van der Waals surface area (Å²) in [7, 11) is 0. The lowest BCUT2D eigenvalue weighted by atomic mass is 10.3. The number of aromatic nitrogens is 2. The van der Waals surface area contributed by atoms with Crippen LogP contribution in [0.15, 0.2) is 28.9 Å². The van der Waals surface area contributed by atoms with E-state index >= 15 is 0 Å². The Labute approximate surface area is 127 Å². The van der Waals surface area contributed by atoms with Gasteiger partial charge in [0.1, 0.15) is 12.4 Å². The van der Waals surface area contributed by atoms with E-state index in [9.17, 15) is 0 Å². The molecule has 1 aromatic carbocycles. The summed E-state index contributed by atoms with van der Waals surface area (Å²) in [5.74, 6) is 0.486. The van der Waals surface area contributed by atoms with Gasteiger partial charge in [-0.15, -0.1) is 0 Å². The molecule has 2 aromatic rings. The first kappa shape index (κ1) is 13.9. The minimum atomic E-state index is 0.177. The number of ether oxygens (including phenoxy) is 1. The minimum Gasteiger partial charge on any atom is -0.486 e. The number of halogens is 4. The first-order valence-corrected chi connectivity index (χ1v) is 6.73. The zero-order valence-electron chi connectivity index (χ0n) is 8.83. The number of rotatable bonds is 3. The predicted molar refractivity (Wildman–Crippen MR) is 75.5 cm³/mol. The number of hydrogen-bond acceptors (Lipinski definition) is 3. The molecule has 0 atom stereocenters. The molecule has 0 aliphatic carbocycles. The van der Waals surface area contributed by atoms with Crippen molar-refractivity contribution in [3.05, 3.63) is 49.9 Å². The molecule has 0 amide bonds. The Morgan fingerprint density at radius 1 is 1.17 bits per heavy atom. The molecule has 0 bridgehead atoms. The van der Waals surface area contributed by atoms with Gasteiger partial charge in [0.25, 0.3) is 0 Å². The maximum Gasteiger partial charge on any atom is 0.222 e. The number of nitrogens with zero attached hydrogens (tertiary/aromatic N) is 2. The Morgan fingerprint density at radius 3 is 2.67 bits per heavy atom. The van der Waals surface area contributed by atoms with Gasteiger partial charge in [0, 0.05) is 16.7 Å². The Bertz CT molecular complexity index is 580. The van der Waals surface area contributed by atoms with Crippen LogP contribution in [0.5, 0.6) is 5.75 Å². The normalized spacial score (nSPS) is 10.4. The highest BCUT2D eigenvalue weighted by Gasteiger charge is 2.07. The zero-order valence-corrected chi connectivity index (χ0v) is 12.7. The molecule has 0 saturated carbocycles. The SMILES string of the molecule is Clc1nccc(COc2cc(Cl)c(Br)cc2Cl)n1. The van der Waals surface area contributed by atoms with Gasteiger partial charge in [-0.05, 0) is 39.7 Å². The summed E-state index contributed by atoms with van der Waals surface area (Å²) >= 11 is 20.9. The molecule has 0 radical (unpaired) electrons. The molecule has 0 unspecified atom stereocenters. The van der Waals surface area contributed by atoms with Crippen molar-refractivity contribution in [1.82, 2.24) is 9.97 Å². The first-order valence-electron chi connectivity index (χ1n) is 4.81. The van der Waals surface area contributed by atoms with Crippen LogP contribution in [-0.2, 0) is 6.61 Å². The van der Waals surface area contributed by atoms with Gasteiger partial charge in [0.2, 0.25) is 5.28 Å². The maximum atomic E-state index is 6.03. The van der Waals surface area contributed by atoms with Crippen LogP contribution >= 0.6 is 50.7 Å². The van der Waals surface area contributed by atoms with Crippen molar-refractivity contribution in [2.24, 2.45) is 0 Å². The second kappa shape index (κ2) is 6.06. The highest BCUT2D eigenvalue weighted by atomic mass is 79.9. The molecule has 0 N–H and O–H groups in total. The molecule has 3 nitrogen and oxygen atoms in total. The number of hydrogen-bond donors (Lipinski definition) is 0. The fourth-order valence-electron chi connectivity index (χ4n) is 1.22. The van der Waals surface area contributed by atoms with Crippen LogP contribution in [0.3, 0.4) is 0 Å². The molecule has 1 aromatic heterocycles. The maximum absolute atomic E-state index is 6.03. The van der Waals surface area contributed by atoms with E-state index in [-0.39, 0.29) is 11.9 Å². The van der Waals surface area contributed by atoms with Gasteiger partial charge in [-0.1, -0.05) is 23.2 Å². The molecule has 0 aliphatic rings. The number of benzene rings is 1. The van der Waals surface area contributed by atoms with E-state index < -0.39 is 0 Å². The second-order valence-corrected chi connectivity index (χ2v) is 5.31. The summed E-state index contributed by atoms with van der Waals surface area (Å²) in [5.41, 5.74) is 0.658.